The van der Waals surface area contributed by atoms with Gasteiger partial charge in [0, 0.05) is 74.7 Å². The summed E-state index contributed by atoms with van der Waals surface area (Å²) in [5.41, 5.74) is -2.82. The van der Waals surface area contributed by atoms with Crippen molar-refractivity contribution in [3.63, 3.8) is 0 Å². The number of carboxylic acid groups (broad SMARTS) is 1. The smallest absolute Gasteiger partial charge is 0.422 e. The van der Waals surface area contributed by atoms with E-state index in [-0.39, 0.29) is 53.9 Å². The van der Waals surface area contributed by atoms with Gasteiger partial charge in [0.05, 0.1) is 22.6 Å². The normalized spacial score (nSPS) is 17.9. The van der Waals surface area contributed by atoms with Crippen LogP contribution in [0.5, 0.6) is 0 Å². The van der Waals surface area contributed by atoms with Crippen LogP contribution in [0.25, 0.3) is 10.9 Å². The molecule has 1 atom stereocenters. The SMILES string of the molecule is O=C(O)C1=CNC(N2CCN(CC(O)(c3cn(Cc4ccccc4)c4cc([N+](=O)[O-])ccc34)C(F)(F)F)CC2)=NC1. The standard InChI is InChI=1S/C27H27F3N6O5/c28-27(29,30)26(39,17-33-8-10-34(11-9-33)25-31-13-19(14-32-25)24(37)38)22-16-35(15-18-4-2-1-3-5-18)23-12-20(36(40)41)6-7-21(22)23/h1-7,12-13,16,39H,8-11,14-15,17H2,(H,31,32)(H,37,38). The number of hydrogen-bond donors (Lipinski definition) is 3. The van der Waals surface area contributed by atoms with E-state index >= 15 is 0 Å². The van der Waals surface area contributed by atoms with Gasteiger partial charge < -0.3 is 25.0 Å². The third-order valence-electron chi connectivity index (χ3n) is 7.36. The summed E-state index contributed by atoms with van der Waals surface area (Å²) < 4.78 is 45.6. The number of aliphatic carboxylic acids is 1. The summed E-state index contributed by atoms with van der Waals surface area (Å²) in [7, 11) is 0. The van der Waals surface area contributed by atoms with Crippen molar-refractivity contribution in [2.24, 2.45) is 4.99 Å². The highest BCUT2D eigenvalue weighted by Gasteiger charge is 2.57. The summed E-state index contributed by atoms with van der Waals surface area (Å²) >= 11 is 0. The van der Waals surface area contributed by atoms with Gasteiger partial charge in [0.25, 0.3) is 5.69 Å². The van der Waals surface area contributed by atoms with Crippen molar-refractivity contribution < 1.29 is 33.1 Å². The first kappa shape index (κ1) is 28.1. The topological polar surface area (TPSA) is 136 Å². The number of carboxylic acids is 1. The highest BCUT2D eigenvalue weighted by molar-refractivity contribution is 5.91. The molecule has 1 unspecified atom stereocenters. The Morgan fingerprint density at radius 1 is 1.10 bits per heavy atom. The number of benzene rings is 2. The maximum atomic E-state index is 14.7. The molecule has 0 bridgehead atoms. The fourth-order valence-corrected chi connectivity index (χ4v) is 5.13. The number of carbonyl (C=O) groups is 1. The Morgan fingerprint density at radius 2 is 1.80 bits per heavy atom. The molecule has 0 amide bonds. The molecule has 0 saturated carbocycles. The summed E-state index contributed by atoms with van der Waals surface area (Å²) in [6.07, 6.45) is -2.47. The number of nitro groups is 1. The quantitative estimate of drug-likeness (QED) is 0.291. The van der Waals surface area contributed by atoms with Crippen LogP contribution in [0, 0.1) is 10.1 Å². The molecule has 41 heavy (non-hydrogen) atoms. The molecule has 1 aromatic heterocycles. The number of hydrogen-bond acceptors (Lipinski definition) is 8. The number of aliphatic imine (C=N–C) groups is 1. The largest absolute Gasteiger partial charge is 0.478 e. The van der Waals surface area contributed by atoms with Gasteiger partial charge in [-0.3, -0.25) is 15.0 Å². The van der Waals surface area contributed by atoms with Crippen LogP contribution < -0.4 is 5.32 Å². The molecule has 1 fully saturated rings. The number of rotatable bonds is 7. The molecule has 0 radical (unpaired) electrons. The van der Waals surface area contributed by atoms with Crippen LogP contribution in [0.1, 0.15) is 11.1 Å². The second-order valence-corrected chi connectivity index (χ2v) is 9.99. The van der Waals surface area contributed by atoms with Crippen molar-refractivity contribution in [3.05, 3.63) is 87.7 Å². The van der Waals surface area contributed by atoms with E-state index in [1.807, 2.05) is 4.90 Å². The summed E-state index contributed by atoms with van der Waals surface area (Å²) in [6.45, 7) is 0.366. The first-order valence-electron chi connectivity index (χ1n) is 12.8. The average molecular weight is 573 g/mol. The van der Waals surface area contributed by atoms with E-state index in [9.17, 15) is 33.2 Å². The molecule has 5 rings (SSSR count). The molecule has 2 aromatic carbocycles. The Kier molecular flexibility index (Phi) is 7.44. The third-order valence-corrected chi connectivity index (χ3v) is 7.36. The number of alkyl halides is 3. The molecule has 2 aliphatic heterocycles. The molecular weight excluding hydrogens is 545 g/mol. The fourth-order valence-electron chi connectivity index (χ4n) is 5.13. The van der Waals surface area contributed by atoms with Crippen molar-refractivity contribution in [3.8, 4) is 0 Å². The number of halogens is 3. The van der Waals surface area contributed by atoms with Crippen LogP contribution in [-0.2, 0) is 16.9 Å². The van der Waals surface area contributed by atoms with Gasteiger partial charge in [-0.2, -0.15) is 13.2 Å². The summed E-state index contributed by atoms with van der Waals surface area (Å²) in [6, 6.07) is 12.6. The minimum atomic E-state index is -5.05. The van der Waals surface area contributed by atoms with E-state index in [0.717, 1.165) is 11.6 Å². The molecule has 0 spiro atoms. The lowest BCUT2D eigenvalue weighted by molar-refractivity contribution is -0.384. The number of piperazine rings is 1. The molecule has 3 aromatic rings. The zero-order valence-electron chi connectivity index (χ0n) is 21.7. The number of aromatic nitrogens is 1. The minimum Gasteiger partial charge on any atom is -0.478 e. The lowest BCUT2D eigenvalue weighted by Crippen LogP contribution is -2.57. The maximum Gasteiger partial charge on any atom is 0.422 e. The molecule has 216 valence electrons. The first-order chi connectivity index (χ1) is 19.5. The molecule has 3 N–H and O–H groups in total. The number of guanidine groups is 1. The van der Waals surface area contributed by atoms with Gasteiger partial charge in [-0.05, 0) is 11.6 Å². The number of nitrogens with zero attached hydrogens (tertiary/aromatic N) is 5. The van der Waals surface area contributed by atoms with Gasteiger partial charge in [0.2, 0.25) is 5.60 Å². The van der Waals surface area contributed by atoms with Crippen LogP contribution in [0.2, 0.25) is 0 Å². The van der Waals surface area contributed by atoms with Gasteiger partial charge in [0.15, 0.2) is 5.96 Å². The second-order valence-electron chi connectivity index (χ2n) is 9.99. The van der Waals surface area contributed by atoms with Gasteiger partial charge in [-0.15, -0.1) is 0 Å². The third kappa shape index (κ3) is 5.60. The van der Waals surface area contributed by atoms with Gasteiger partial charge in [0.1, 0.15) is 0 Å². The number of fused-ring (bicyclic) bond motifs is 1. The molecule has 2 aliphatic rings. The zero-order valence-corrected chi connectivity index (χ0v) is 21.7. The van der Waals surface area contributed by atoms with Crippen molar-refractivity contribution in [2.45, 2.75) is 18.3 Å². The second kappa shape index (κ2) is 10.9. The van der Waals surface area contributed by atoms with Crippen molar-refractivity contribution >= 4 is 28.5 Å². The predicted molar refractivity (Wildman–Crippen MR) is 143 cm³/mol. The van der Waals surface area contributed by atoms with Crippen LogP contribution in [0.4, 0.5) is 18.9 Å². The highest BCUT2D eigenvalue weighted by atomic mass is 19.4. The van der Waals surface area contributed by atoms with Gasteiger partial charge in [-0.1, -0.05) is 30.3 Å². The summed E-state index contributed by atoms with van der Waals surface area (Å²) in [5, 5.41) is 34.8. The van der Waals surface area contributed by atoms with Crippen molar-refractivity contribution in [1.82, 2.24) is 19.7 Å². The molecule has 14 heteroatoms. The maximum absolute atomic E-state index is 14.7. The van der Waals surface area contributed by atoms with E-state index < -0.39 is 29.2 Å². The number of nitrogens with one attached hydrogen (secondary N) is 1. The van der Waals surface area contributed by atoms with Crippen LogP contribution in [0.3, 0.4) is 0 Å². The van der Waals surface area contributed by atoms with Crippen molar-refractivity contribution in [1.29, 1.82) is 0 Å². The van der Waals surface area contributed by atoms with Crippen molar-refractivity contribution in [2.75, 3.05) is 39.3 Å². The summed E-state index contributed by atoms with van der Waals surface area (Å²) in [5.74, 6) is -0.650. The van der Waals surface area contributed by atoms with E-state index in [1.165, 1.54) is 34.0 Å². The first-order valence-corrected chi connectivity index (χ1v) is 12.8. The number of nitro benzene ring substituents is 1. The Bertz CT molecular complexity index is 1530. The van der Waals surface area contributed by atoms with E-state index in [2.05, 4.69) is 10.3 Å². The monoisotopic (exact) mass is 572 g/mol. The predicted octanol–water partition coefficient (Wildman–Crippen LogP) is 2.89. The molecule has 0 aliphatic carbocycles. The zero-order chi connectivity index (χ0) is 29.4. The van der Waals surface area contributed by atoms with Gasteiger partial charge >= 0.3 is 12.1 Å². The van der Waals surface area contributed by atoms with Crippen LogP contribution in [-0.4, -0.2) is 86.9 Å². The minimum absolute atomic E-state index is 0.0170. The Labute approximate surface area is 231 Å². The average Bonchev–Trinajstić information content (AvgIpc) is 3.31. The lowest BCUT2D eigenvalue weighted by Gasteiger charge is -2.41. The van der Waals surface area contributed by atoms with Crippen LogP contribution in [0.15, 0.2) is 71.5 Å². The molecule has 3 heterocycles. The van der Waals surface area contributed by atoms with E-state index in [1.54, 1.807) is 30.3 Å². The fraction of sp³-hybridized carbons (Fsp3) is 0.333. The number of non-ortho nitro benzene ring substituents is 1. The Hall–Kier alpha value is -4.43. The van der Waals surface area contributed by atoms with E-state index in [0.29, 0.717) is 19.0 Å². The number of β-amino-alcohol motifs (C(OH)–C–C–N with tert-alkyl or cyclic N) is 1. The molecule has 1 saturated heterocycles. The van der Waals surface area contributed by atoms with Gasteiger partial charge in [-0.25, -0.2) is 9.79 Å². The highest BCUT2D eigenvalue weighted by Crippen LogP contribution is 2.44. The molecular formula is C27H27F3N6O5. The number of aliphatic hydroxyl groups is 1. The lowest BCUT2D eigenvalue weighted by atomic mass is 9.91. The molecule has 11 nitrogen and oxygen atoms in total. The van der Waals surface area contributed by atoms with Crippen LogP contribution >= 0.6 is 0 Å². The Morgan fingerprint density at radius 3 is 2.39 bits per heavy atom. The van der Waals surface area contributed by atoms with E-state index in [4.69, 9.17) is 5.11 Å². The summed E-state index contributed by atoms with van der Waals surface area (Å²) in [4.78, 5) is 29.5. The Balaban J connectivity index is 1.42.